The van der Waals surface area contributed by atoms with E-state index in [0.717, 1.165) is 6.54 Å². The lowest BCUT2D eigenvalue weighted by atomic mass is 9.78. The first-order valence-electron chi connectivity index (χ1n) is 6.74. The van der Waals surface area contributed by atoms with Crippen molar-refractivity contribution in [3.8, 4) is 0 Å². The molecule has 0 saturated heterocycles. The Hall–Kier alpha value is -1.25. The van der Waals surface area contributed by atoms with Crippen LogP contribution in [0.2, 0.25) is 0 Å². The number of anilines is 2. The Bertz CT molecular complexity index is 396. The Morgan fingerprint density at radius 1 is 1.24 bits per heavy atom. The molecule has 3 heteroatoms. The standard InChI is InChI=1S/C14H21N3/c1-17-13-5-9-15-11-12(13)16-10-8-14(17)6-3-2-4-7-14/h5,9,11,16H,2-4,6-8,10H2,1H3. The second kappa shape index (κ2) is 4.21. The Morgan fingerprint density at radius 2 is 2.06 bits per heavy atom. The van der Waals surface area contributed by atoms with Crippen molar-refractivity contribution in [2.45, 2.75) is 44.1 Å². The van der Waals surface area contributed by atoms with Crippen LogP contribution < -0.4 is 10.2 Å². The molecule has 0 aromatic carbocycles. The Labute approximate surface area is 103 Å². The van der Waals surface area contributed by atoms with Crippen LogP contribution in [0.25, 0.3) is 0 Å². The number of rotatable bonds is 0. The summed E-state index contributed by atoms with van der Waals surface area (Å²) in [5, 5.41) is 3.52. The lowest BCUT2D eigenvalue weighted by molar-refractivity contribution is 0.274. The highest BCUT2D eigenvalue weighted by molar-refractivity contribution is 5.70. The van der Waals surface area contributed by atoms with Gasteiger partial charge in [0.05, 0.1) is 17.6 Å². The van der Waals surface area contributed by atoms with Crippen molar-refractivity contribution in [1.29, 1.82) is 0 Å². The fourth-order valence-corrected chi connectivity index (χ4v) is 3.46. The number of hydrogen-bond donors (Lipinski definition) is 1. The quantitative estimate of drug-likeness (QED) is 0.744. The molecule has 1 aromatic rings. The predicted molar refractivity (Wildman–Crippen MR) is 71.6 cm³/mol. The average Bonchev–Trinajstić information content (AvgIpc) is 2.51. The van der Waals surface area contributed by atoms with E-state index in [9.17, 15) is 0 Å². The summed E-state index contributed by atoms with van der Waals surface area (Å²) in [7, 11) is 2.26. The zero-order chi connectivity index (χ0) is 11.7. The highest BCUT2D eigenvalue weighted by Gasteiger charge is 2.37. The summed E-state index contributed by atoms with van der Waals surface area (Å²) in [6.07, 6.45) is 12.0. The maximum Gasteiger partial charge on any atom is 0.0764 e. The van der Waals surface area contributed by atoms with Gasteiger partial charge in [0, 0.05) is 25.3 Å². The minimum Gasteiger partial charge on any atom is -0.382 e. The highest BCUT2D eigenvalue weighted by atomic mass is 15.2. The van der Waals surface area contributed by atoms with Gasteiger partial charge in [-0.05, 0) is 25.3 Å². The van der Waals surface area contributed by atoms with Gasteiger partial charge in [-0.1, -0.05) is 19.3 Å². The van der Waals surface area contributed by atoms with Crippen molar-refractivity contribution in [2.24, 2.45) is 0 Å². The van der Waals surface area contributed by atoms with Gasteiger partial charge in [0.25, 0.3) is 0 Å². The van der Waals surface area contributed by atoms with Crippen LogP contribution in [0.15, 0.2) is 18.5 Å². The molecule has 0 amide bonds. The molecule has 3 nitrogen and oxygen atoms in total. The van der Waals surface area contributed by atoms with E-state index in [1.807, 2.05) is 12.4 Å². The Kier molecular flexibility index (Phi) is 2.69. The SMILES string of the molecule is CN1c2ccncc2NCCC12CCCCC2. The van der Waals surface area contributed by atoms with Crippen LogP contribution in [-0.2, 0) is 0 Å². The van der Waals surface area contributed by atoms with Gasteiger partial charge in [-0.25, -0.2) is 0 Å². The molecular formula is C14H21N3. The molecule has 1 fully saturated rings. The van der Waals surface area contributed by atoms with Gasteiger partial charge in [0.2, 0.25) is 0 Å². The molecule has 1 N–H and O–H groups in total. The highest BCUT2D eigenvalue weighted by Crippen LogP contribution is 2.42. The number of hydrogen-bond acceptors (Lipinski definition) is 3. The van der Waals surface area contributed by atoms with Gasteiger partial charge in [0.15, 0.2) is 0 Å². The third-order valence-electron chi connectivity index (χ3n) is 4.56. The first-order chi connectivity index (χ1) is 8.32. The van der Waals surface area contributed by atoms with Crippen molar-refractivity contribution in [2.75, 3.05) is 23.8 Å². The first-order valence-corrected chi connectivity index (χ1v) is 6.74. The molecule has 0 radical (unpaired) electrons. The summed E-state index contributed by atoms with van der Waals surface area (Å²) < 4.78 is 0. The molecule has 1 aliphatic carbocycles. The van der Waals surface area contributed by atoms with Crippen LogP contribution in [-0.4, -0.2) is 24.1 Å². The van der Waals surface area contributed by atoms with E-state index in [4.69, 9.17) is 0 Å². The van der Waals surface area contributed by atoms with Gasteiger partial charge in [-0.2, -0.15) is 0 Å². The molecule has 0 atom stereocenters. The zero-order valence-corrected chi connectivity index (χ0v) is 10.6. The molecule has 3 rings (SSSR count). The van der Waals surface area contributed by atoms with Crippen molar-refractivity contribution < 1.29 is 0 Å². The summed E-state index contributed by atoms with van der Waals surface area (Å²) in [6.45, 7) is 1.07. The number of aromatic nitrogens is 1. The second-order valence-electron chi connectivity index (χ2n) is 5.41. The number of nitrogens with zero attached hydrogens (tertiary/aromatic N) is 2. The monoisotopic (exact) mass is 231 g/mol. The molecular weight excluding hydrogens is 210 g/mol. The van der Waals surface area contributed by atoms with Crippen molar-refractivity contribution in [3.63, 3.8) is 0 Å². The number of fused-ring (bicyclic) bond motifs is 1. The van der Waals surface area contributed by atoms with E-state index in [2.05, 4.69) is 28.3 Å². The van der Waals surface area contributed by atoms with Gasteiger partial charge < -0.3 is 10.2 Å². The topological polar surface area (TPSA) is 28.2 Å². The van der Waals surface area contributed by atoms with E-state index >= 15 is 0 Å². The van der Waals surface area contributed by atoms with Crippen LogP contribution >= 0.6 is 0 Å². The summed E-state index contributed by atoms with van der Waals surface area (Å²) in [4.78, 5) is 6.74. The maximum absolute atomic E-state index is 4.22. The third kappa shape index (κ3) is 1.78. The van der Waals surface area contributed by atoms with Crippen molar-refractivity contribution >= 4 is 11.4 Å². The normalized spacial score (nSPS) is 22.8. The minimum absolute atomic E-state index is 0.387. The molecule has 1 aromatic heterocycles. The smallest absolute Gasteiger partial charge is 0.0764 e. The largest absolute Gasteiger partial charge is 0.382 e. The fourth-order valence-electron chi connectivity index (χ4n) is 3.46. The van der Waals surface area contributed by atoms with Gasteiger partial charge >= 0.3 is 0 Å². The van der Waals surface area contributed by atoms with Crippen molar-refractivity contribution in [3.05, 3.63) is 18.5 Å². The van der Waals surface area contributed by atoms with Gasteiger partial charge in [-0.3, -0.25) is 4.98 Å². The molecule has 0 bridgehead atoms. The van der Waals surface area contributed by atoms with Crippen LogP contribution in [0.4, 0.5) is 11.4 Å². The van der Waals surface area contributed by atoms with Crippen molar-refractivity contribution in [1.82, 2.24) is 4.98 Å². The lowest BCUT2D eigenvalue weighted by Crippen LogP contribution is -2.48. The Balaban J connectivity index is 1.98. The van der Waals surface area contributed by atoms with Crippen LogP contribution in [0, 0.1) is 0 Å². The lowest BCUT2D eigenvalue weighted by Gasteiger charge is -2.45. The predicted octanol–water partition coefficient (Wildman–Crippen LogP) is 3.04. The molecule has 1 saturated carbocycles. The molecule has 2 aliphatic rings. The average molecular weight is 231 g/mol. The third-order valence-corrected chi connectivity index (χ3v) is 4.56. The molecule has 92 valence electrons. The molecule has 1 spiro atoms. The van der Waals surface area contributed by atoms with E-state index in [-0.39, 0.29) is 0 Å². The summed E-state index contributed by atoms with van der Waals surface area (Å²) in [5.41, 5.74) is 2.90. The maximum atomic E-state index is 4.22. The summed E-state index contributed by atoms with van der Waals surface area (Å²) in [5.74, 6) is 0. The van der Waals surface area contributed by atoms with Crippen LogP contribution in [0.1, 0.15) is 38.5 Å². The summed E-state index contributed by atoms with van der Waals surface area (Å²) >= 11 is 0. The minimum atomic E-state index is 0.387. The fraction of sp³-hybridized carbons (Fsp3) is 0.643. The van der Waals surface area contributed by atoms with Crippen LogP contribution in [0.3, 0.4) is 0 Å². The molecule has 0 unspecified atom stereocenters. The van der Waals surface area contributed by atoms with E-state index < -0.39 is 0 Å². The van der Waals surface area contributed by atoms with E-state index in [1.165, 1.54) is 49.9 Å². The number of nitrogens with one attached hydrogen (secondary N) is 1. The molecule has 2 heterocycles. The second-order valence-corrected chi connectivity index (χ2v) is 5.41. The molecule has 17 heavy (non-hydrogen) atoms. The van der Waals surface area contributed by atoms with Crippen LogP contribution in [0.5, 0.6) is 0 Å². The van der Waals surface area contributed by atoms with E-state index in [1.54, 1.807) is 0 Å². The first kappa shape index (κ1) is 10.9. The van der Waals surface area contributed by atoms with E-state index in [0.29, 0.717) is 5.54 Å². The van der Waals surface area contributed by atoms with Gasteiger partial charge in [0.1, 0.15) is 0 Å². The molecule has 1 aliphatic heterocycles. The Morgan fingerprint density at radius 3 is 2.88 bits per heavy atom. The zero-order valence-electron chi connectivity index (χ0n) is 10.6. The number of pyridine rings is 1. The summed E-state index contributed by atoms with van der Waals surface area (Å²) in [6, 6.07) is 2.14. The van der Waals surface area contributed by atoms with Gasteiger partial charge in [-0.15, -0.1) is 0 Å².